The van der Waals surface area contributed by atoms with E-state index in [0.29, 0.717) is 21.4 Å². The lowest BCUT2D eigenvalue weighted by molar-refractivity contribution is -0.385. The molecule has 0 spiro atoms. The first-order valence-corrected chi connectivity index (χ1v) is 9.63. The molecule has 0 aliphatic heterocycles. The third kappa shape index (κ3) is 4.71. The summed E-state index contributed by atoms with van der Waals surface area (Å²) < 4.78 is 0. The van der Waals surface area contributed by atoms with Gasteiger partial charge in [0.15, 0.2) is 5.16 Å². The van der Waals surface area contributed by atoms with Crippen LogP contribution in [0.4, 0.5) is 11.4 Å². The summed E-state index contributed by atoms with van der Waals surface area (Å²) in [6.07, 6.45) is 1.69. The Morgan fingerprint density at radius 1 is 1.29 bits per heavy atom. The molecular formula is C19H17ClN4O3S. The third-order valence-corrected chi connectivity index (χ3v) is 5.29. The fraction of sp³-hybridized carbons (Fsp3) is 0.158. The number of hydrogen-bond donors (Lipinski definition) is 2. The molecular weight excluding hydrogens is 400 g/mol. The van der Waals surface area contributed by atoms with E-state index in [1.165, 1.54) is 17.8 Å². The van der Waals surface area contributed by atoms with Crippen molar-refractivity contribution in [1.29, 1.82) is 0 Å². The number of thioether (sulfide) groups is 1. The Balaban J connectivity index is 1.65. The van der Waals surface area contributed by atoms with E-state index in [-0.39, 0.29) is 11.6 Å². The quantitative estimate of drug-likeness (QED) is 0.332. The fourth-order valence-electron chi connectivity index (χ4n) is 2.49. The van der Waals surface area contributed by atoms with Gasteiger partial charge in [0.25, 0.3) is 5.69 Å². The van der Waals surface area contributed by atoms with Crippen LogP contribution in [0.15, 0.2) is 53.8 Å². The first-order chi connectivity index (χ1) is 13.3. The zero-order valence-corrected chi connectivity index (χ0v) is 16.7. The van der Waals surface area contributed by atoms with Crippen molar-refractivity contribution in [3.63, 3.8) is 0 Å². The Labute approximate surface area is 170 Å². The van der Waals surface area contributed by atoms with E-state index in [0.717, 1.165) is 11.3 Å². The van der Waals surface area contributed by atoms with Crippen LogP contribution in [-0.4, -0.2) is 26.0 Å². The van der Waals surface area contributed by atoms with Gasteiger partial charge in [-0.15, -0.1) is 0 Å². The number of anilines is 1. The van der Waals surface area contributed by atoms with Gasteiger partial charge in [-0.2, -0.15) is 0 Å². The average molecular weight is 417 g/mol. The van der Waals surface area contributed by atoms with Gasteiger partial charge in [-0.1, -0.05) is 41.6 Å². The standard InChI is InChI=1S/C19H17ClN4O3S/c1-11-3-8-15(9-17(11)24(26)27)22-18(25)12(2)28-19-21-10-16(23-19)13-4-6-14(20)7-5-13/h3-10,12H,1-2H3,(H,21,23)(H,22,25)/t12-/m0/s1. The molecule has 1 amide bonds. The van der Waals surface area contributed by atoms with Crippen LogP contribution < -0.4 is 5.32 Å². The van der Waals surface area contributed by atoms with E-state index >= 15 is 0 Å². The second-order valence-electron chi connectivity index (χ2n) is 6.12. The summed E-state index contributed by atoms with van der Waals surface area (Å²) in [6, 6.07) is 12.0. The highest BCUT2D eigenvalue weighted by Crippen LogP contribution is 2.27. The van der Waals surface area contributed by atoms with Gasteiger partial charge >= 0.3 is 0 Å². The number of rotatable bonds is 6. The molecule has 1 atom stereocenters. The number of nitrogens with zero attached hydrogens (tertiary/aromatic N) is 2. The van der Waals surface area contributed by atoms with Crippen LogP contribution in [0.2, 0.25) is 5.02 Å². The number of carbonyl (C=O) groups is 1. The van der Waals surface area contributed by atoms with Crippen molar-refractivity contribution >= 4 is 40.6 Å². The molecule has 1 aromatic heterocycles. The number of nitro benzene ring substituents is 1. The molecule has 0 radical (unpaired) electrons. The zero-order valence-electron chi connectivity index (χ0n) is 15.1. The number of benzene rings is 2. The number of aryl methyl sites for hydroxylation is 1. The Morgan fingerprint density at radius 2 is 2.00 bits per heavy atom. The lowest BCUT2D eigenvalue weighted by Crippen LogP contribution is -2.22. The minimum atomic E-state index is -0.468. The monoisotopic (exact) mass is 416 g/mol. The van der Waals surface area contributed by atoms with Crippen LogP contribution in [0.1, 0.15) is 12.5 Å². The molecule has 0 saturated carbocycles. The van der Waals surface area contributed by atoms with Crippen LogP contribution in [0.5, 0.6) is 0 Å². The van der Waals surface area contributed by atoms with E-state index in [1.807, 2.05) is 12.1 Å². The molecule has 3 aromatic rings. The minimum absolute atomic E-state index is 0.0308. The number of H-pyrrole nitrogens is 1. The Bertz CT molecular complexity index is 1020. The SMILES string of the molecule is Cc1ccc(NC(=O)[C@H](C)Sc2ncc(-c3ccc(Cl)cc3)[nH]2)cc1[N+](=O)[O-]. The molecule has 2 N–H and O–H groups in total. The summed E-state index contributed by atoms with van der Waals surface area (Å²) in [5.74, 6) is -0.271. The van der Waals surface area contributed by atoms with Crippen LogP contribution in [0.3, 0.4) is 0 Å². The number of hydrogen-bond acceptors (Lipinski definition) is 5. The van der Waals surface area contributed by atoms with Crippen LogP contribution in [-0.2, 0) is 4.79 Å². The molecule has 3 rings (SSSR count). The van der Waals surface area contributed by atoms with Gasteiger partial charge in [0, 0.05) is 22.3 Å². The van der Waals surface area contributed by atoms with Crippen molar-refractivity contribution in [3.8, 4) is 11.3 Å². The largest absolute Gasteiger partial charge is 0.333 e. The van der Waals surface area contributed by atoms with Crippen molar-refractivity contribution < 1.29 is 9.72 Å². The number of nitro groups is 1. The molecule has 0 bridgehead atoms. The highest BCUT2D eigenvalue weighted by atomic mass is 35.5. The minimum Gasteiger partial charge on any atom is -0.333 e. The number of carbonyl (C=O) groups excluding carboxylic acids is 1. The summed E-state index contributed by atoms with van der Waals surface area (Å²) in [5.41, 5.74) is 2.65. The summed E-state index contributed by atoms with van der Waals surface area (Å²) >= 11 is 7.16. The average Bonchev–Trinajstić information content (AvgIpc) is 3.12. The van der Waals surface area contributed by atoms with Crippen LogP contribution in [0, 0.1) is 17.0 Å². The highest BCUT2D eigenvalue weighted by molar-refractivity contribution is 8.00. The van der Waals surface area contributed by atoms with Gasteiger partial charge in [0.2, 0.25) is 5.91 Å². The number of imidazole rings is 1. The van der Waals surface area contributed by atoms with Crippen molar-refractivity contribution in [2.24, 2.45) is 0 Å². The van der Waals surface area contributed by atoms with Gasteiger partial charge in [-0.05, 0) is 37.6 Å². The van der Waals surface area contributed by atoms with Crippen molar-refractivity contribution in [1.82, 2.24) is 9.97 Å². The van der Waals surface area contributed by atoms with Crippen LogP contribution in [0.25, 0.3) is 11.3 Å². The van der Waals surface area contributed by atoms with Gasteiger partial charge in [-0.25, -0.2) is 4.98 Å². The predicted octanol–water partition coefficient (Wildman–Crippen LogP) is 5.07. The first-order valence-electron chi connectivity index (χ1n) is 8.37. The molecule has 9 heteroatoms. The molecule has 7 nitrogen and oxygen atoms in total. The van der Waals surface area contributed by atoms with Crippen LogP contribution >= 0.6 is 23.4 Å². The molecule has 28 heavy (non-hydrogen) atoms. The summed E-state index contributed by atoms with van der Waals surface area (Å²) in [4.78, 5) is 30.5. The maximum atomic E-state index is 12.4. The summed E-state index contributed by atoms with van der Waals surface area (Å²) in [6.45, 7) is 3.39. The number of aromatic nitrogens is 2. The number of nitrogens with one attached hydrogen (secondary N) is 2. The first kappa shape index (κ1) is 19.9. The lowest BCUT2D eigenvalue weighted by Gasteiger charge is -2.11. The fourth-order valence-corrected chi connectivity index (χ4v) is 3.40. The second-order valence-corrected chi connectivity index (χ2v) is 7.88. The third-order valence-electron chi connectivity index (χ3n) is 4.04. The zero-order chi connectivity index (χ0) is 20.3. The normalized spacial score (nSPS) is 11.8. The Kier molecular flexibility index (Phi) is 6.01. The second kappa shape index (κ2) is 8.45. The van der Waals surface area contributed by atoms with E-state index in [1.54, 1.807) is 44.3 Å². The van der Waals surface area contributed by atoms with E-state index in [4.69, 9.17) is 11.6 Å². The Morgan fingerprint density at radius 3 is 2.68 bits per heavy atom. The van der Waals surface area contributed by atoms with Crippen molar-refractivity contribution in [2.45, 2.75) is 24.3 Å². The number of halogens is 1. The van der Waals surface area contributed by atoms with E-state index < -0.39 is 10.2 Å². The summed E-state index contributed by atoms with van der Waals surface area (Å²) in [5, 5.41) is 14.5. The van der Waals surface area contributed by atoms with E-state index in [9.17, 15) is 14.9 Å². The summed E-state index contributed by atoms with van der Waals surface area (Å²) in [7, 11) is 0. The highest BCUT2D eigenvalue weighted by Gasteiger charge is 2.18. The molecule has 1 heterocycles. The Hall–Kier alpha value is -2.84. The smallest absolute Gasteiger partial charge is 0.274 e. The number of aromatic amines is 1. The molecule has 2 aromatic carbocycles. The number of amides is 1. The maximum absolute atomic E-state index is 12.4. The molecule has 0 fully saturated rings. The molecule has 0 saturated heterocycles. The van der Waals surface area contributed by atoms with Gasteiger partial charge in [0.1, 0.15) is 0 Å². The molecule has 0 aliphatic rings. The predicted molar refractivity (Wildman–Crippen MR) is 111 cm³/mol. The van der Waals surface area contributed by atoms with Gasteiger partial charge < -0.3 is 10.3 Å². The van der Waals surface area contributed by atoms with E-state index in [2.05, 4.69) is 15.3 Å². The lowest BCUT2D eigenvalue weighted by atomic mass is 10.2. The molecule has 144 valence electrons. The van der Waals surface area contributed by atoms with Gasteiger partial charge in [0.05, 0.1) is 22.1 Å². The van der Waals surface area contributed by atoms with Crippen molar-refractivity contribution in [3.05, 3.63) is 69.4 Å². The van der Waals surface area contributed by atoms with Crippen molar-refractivity contribution in [2.75, 3.05) is 5.32 Å². The topological polar surface area (TPSA) is 101 Å². The molecule has 0 unspecified atom stereocenters. The maximum Gasteiger partial charge on any atom is 0.274 e. The molecule has 0 aliphatic carbocycles. The van der Waals surface area contributed by atoms with Gasteiger partial charge in [-0.3, -0.25) is 14.9 Å².